The molecule has 1 atom stereocenters. The molecule has 1 fully saturated rings. The number of hydrogen-bond donors (Lipinski definition) is 2. The van der Waals surface area contributed by atoms with Crippen LogP contribution < -0.4 is 5.32 Å². The van der Waals surface area contributed by atoms with Crippen LogP contribution in [-0.2, 0) is 0 Å². The van der Waals surface area contributed by atoms with Gasteiger partial charge in [0.1, 0.15) is 0 Å². The second kappa shape index (κ2) is 4.70. The molecule has 1 saturated heterocycles. The van der Waals surface area contributed by atoms with Gasteiger partial charge in [0.15, 0.2) is 5.75 Å². The van der Waals surface area contributed by atoms with E-state index in [0.717, 1.165) is 25.2 Å². The third kappa shape index (κ3) is 2.54. The molecule has 0 spiro atoms. The van der Waals surface area contributed by atoms with Crippen molar-refractivity contribution >= 4 is 28.9 Å². The van der Waals surface area contributed by atoms with Crippen molar-refractivity contribution in [2.24, 2.45) is 0 Å². The van der Waals surface area contributed by atoms with E-state index in [4.69, 9.17) is 23.2 Å². The van der Waals surface area contributed by atoms with Crippen LogP contribution in [0.5, 0.6) is 5.75 Å². The lowest BCUT2D eigenvalue weighted by Gasteiger charge is -2.15. The highest BCUT2D eigenvalue weighted by Crippen LogP contribution is 2.35. The first kappa shape index (κ1) is 11.8. The van der Waals surface area contributed by atoms with Gasteiger partial charge >= 0.3 is 0 Å². The summed E-state index contributed by atoms with van der Waals surface area (Å²) >= 11 is 11.7. The van der Waals surface area contributed by atoms with E-state index < -0.39 is 0 Å². The average molecular weight is 261 g/mol. The zero-order valence-corrected chi connectivity index (χ0v) is 10.5. The van der Waals surface area contributed by atoms with E-state index >= 15 is 0 Å². The van der Waals surface area contributed by atoms with Gasteiger partial charge in [-0.3, -0.25) is 0 Å². The van der Waals surface area contributed by atoms with E-state index in [9.17, 15) is 5.11 Å². The number of aromatic hydroxyl groups is 1. The van der Waals surface area contributed by atoms with E-state index in [0.29, 0.717) is 6.04 Å². The lowest BCUT2D eigenvalue weighted by Crippen LogP contribution is -2.23. The summed E-state index contributed by atoms with van der Waals surface area (Å²) in [5.74, 6) is -0.0579. The minimum absolute atomic E-state index is 0.0579. The van der Waals surface area contributed by atoms with Crippen LogP contribution in [-0.4, -0.2) is 36.2 Å². The highest BCUT2D eigenvalue weighted by atomic mass is 35.5. The van der Waals surface area contributed by atoms with Crippen molar-refractivity contribution < 1.29 is 5.11 Å². The van der Waals surface area contributed by atoms with Gasteiger partial charge in [-0.05, 0) is 32.1 Å². The van der Waals surface area contributed by atoms with Crippen molar-refractivity contribution in [2.75, 3.05) is 25.5 Å². The Labute approximate surface area is 105 Å². The molecule has 0 amide bonds. The normalized spacial score (nSPS) is 21.3. The third-order valence-electron chi connectivity index (χ3n) is 2.78. The Bertz CT molecular complexity index is 375. The first-order chi connectivity index (χ1) is 7.56. The van der Waals surface area contributed by atoms with Crippen molar-refractivity contribution in [3.05, 3.63) is 22.2 Å². The monoisotopic (exact) mass is 260 g/mol. The standard InChI is InChI=1S/C11H14Cl2N2O/c1-15-3-2-7(6-15)14-8-4-9(12)11(16)10(13)5-8/h4-5,7,14,16H,2-3,6H2,1H3. The molecule has 2 N–H and O–H groups in total. The Hall–Kier alpha value is -0.640. The van der Waals surface area contributed by atoms with Crippen molar-refractivity contribution in [1.82, 2.24) is 4.90 Å². The van der Waals surface area contributed by atoms with Crippen LogP contribution in [0.2, 0.25) is 10.0 Å². The highest BCUT2D eigenvalue weighted by Gasteiger charge is 2.19. The molecule has 0 aromatic heterocycles. The van der Waals surface area contributed by atoms with Crippen molar-refractivity contribution in [2.45, 2.75) is 12.5 Å². The fourth-order valence-electron chi connectivity index (χ4n) is 1.94. The highest BCUT2D eigenvalue weighted by molar-refractivity contribution is 6.37. The van der Waals surface area contributed by atoms with E-state index in [1.54, 1.807) is 12.1 Å². The molecule has 1 aliphatic rings. The largest absolute Gasteiger partial charge is 0.505 e. The molecule has 16 heavy (non-hydrogen) atoms. The summed E-state index contributed by atoms with van der Waals surface area (Å²) < 4.78 is 0. The molecule has 2 rings (SSSR count). The van der Waals surface area contributed by atoms with E-state index in [1.807, 2.05) is 0 Å². The van der Waals surface area contributed by atoms with Crippen molar-refractivity contribution in [1.29, 1.82) is 0 Å². The van der Waals surface area contributed by atoms with Crippen molar-refractivity contribution in [3.63, 3.8) is 0 Å². The molecule has 1 aromatic rings. The molecule has 1 aliphatic heterocycles. The summed E-state index contributed by atoms with van der Waals surface area (Å²) in [7, 11) is 2.10. The number of nitrogens with one attached hydrogen (secondary N) is 1. The first-order valence-electron chi connectivity index (χ1n) is 5.19. The second-order valence-corrected chi connectivity index (χ2v) is 5.00. The minimum atomic E-state index is -0.0579. The van der Waals surface area contributed by atoms with Crippen LogP contribution in [0.15, 0.2) is 12.1 Å². The van der Waals surface area contributed by atoms with Crippen LogP contribution in [0.25, 0.3) is 0 Å². The molecule has 1 heterocycles. The van der Waals surface area contributed by atoms with E-state index in [2.05, 4.69) is 17.3 Å². The zero-order chi connectivity index (χ0) is 11.7. The summed E-state index contributed by atoms with van der Waals surface area (Å²) in [6.45, 7) is 2.10. The molecule has 88 valence electrons. The summed E-state index contributed by atoms with van der Waals surface area (Å²) in [6, 6.07) is 3.81. The third-order valence-corrected chi connectivity index (χ3v) is 3.36. The summed E-state index contributed by atoms with van der Waals surface area (Å²) in [5.41, 5.74) is 0.855. The number of likely N-dealkylation sites (tertiary alicyclic amines) is 1. The Balaban J connectivity index is 2.10. The van der Waals surface area contributed by atoms with E-state index in [1.165, 1.54) is 0 Å². The number of phenolic OH excluding ortho intramolecular Hbond substituents is 1. The maximum Gasteiger partial charge on any atom is 0.152 e. The number of benzene rings is 1. The van der Waals surface area contributed by atoms with Gasteiger partial charge in [-0.2, -0.15) is 0 Å². The van der Waals surface area contributed by atoms with Crippen LogP contribution in [0.4, 0.5) is 5.69 Å². The van der Waals surface area contributed by atoms with Crippen molar-refractivity contribution in [3.8, 4) is 5.75 Å². The van der Waals surface area contributed by atoms with Gasteiger partial charge in [-0.1, -0.05) is 23.2 Å². The van der Waals surface area contributed by atoms with Gasteiger partial charge in [-0.15, -0.1) is 0 Å². The molecule has 0 aliphatic carbocycles. The van der Waals surface area contributed by atoms with Crippen LogP contribution in [0, 0.1) is 0 Å². The molecule has 5 heteroatoms. The summed E-state index contributed by atoms with van der Waals surface area (Å²) in [6.07, 6.45) is 1.10. The molecule has 0 radical (unpaired) electrons. The maximum atomic E-state index is 9.43. The predicted octanol–water partition coefficient (Wildman–Crippen LogP) is 2.82. The Kier molecular flexibility index (Phi) is 3.47. The lowest BCUT2D eigenvalue weighted by atomic mass is 10.2. The van der Waals surface area contributed by atoms with Gasteiger partial charge in [0, 0.05) is 18.3 Å². The zero-order valence-electron chi connectivity index (χ0n) is 9.00. The van der Waals surface area contributed by atoms with Gasteiger partial charge < -0.3 is 15.3 Å². The van der Waals surface area contributed by atoms with E-state index in [-0.39, 0.29) is 15.8 Å². The molecule has 0 saturated carbocycles. The SMILES string of the molecule is CN1CCC(Nc2cc(Cl)c(O)c(Cl)c2)C1. The number of rotatable bonds is 2. The van der Waals surface area contributed by atoms with Gasteiger partial charge in [0.2, 0.25) is 0 Å². The fourth-order valence-corrected chi connectivity index (χ4v) is 2.42. The number of halogens is 2. The molecule has 1 unspecified atom stereocenters. The fraction of sp³-hybridized carbons (Fsp3) is 0.455. The molecular weight excluding hydrogens is 247 g/mol. The molecule has 1 aromatic carbocycles. The molecule has 3 nitrogen and oxygen atoms in total. The number of anilines is 1. The molecule has 0 bridgehead atoms. The first-order valence-corrected chi connectivity index (χ1v) is 5.95. The Morgan fingerprint density at radius 1 is 1.38 bits per heavy atom. The number of nitrogens with zero attached hydrogens (tertiary/aromatic N) is 1. The Morgan fingerprint density at radius 3 is 2.50 bits per heavy atom. The lowest BCUT2D eigenvalue weighted by molar-refractivity contribution is 0.414. The Morgan fingerprint density at radius 2 is 2.00 bits per heavy atom. The van der Waals surface area contributed by atoms with Gasteiger partial charge in [-0.25, -0.2) is 0 Å². The maximum absolute atomic E-state index is 9.43. The second-order valence-electron chi connectivity index (χ2n) is 4.18. The number of hydrogen-bond acceptors (Lipinski definition) is 3. The average Bonchev–Trinajstić information content (AvgIpc) is 2.60. The summed E-state index contributed by atoms with van der Waals surface area (Å²) in [4.78, 5) is 2.27. The number of likely N-dealkylation sites (N-methyl/N-ethyl adjacent to an activating group) is 1. The minimum Gasteiger partial charge on any atom is -0.505 e. The number of phenols is 1. The van der Waals surface area contributed by atoms with Gasteiger partial charge in [0.05, 0.1) is 10.0 Å². The smallest absolute Gasteiger partial charge is 0.152 e. The predicted molar refractivity (Wildman–Crippen MR) is 67.7 cm³/mol. The molecular formula is C11H14Cl2N2O. The quantitative estimate of drug-likeness (QED) is 0.803. The van der Waals surface area contributed by atoms with Crippen LogP contribution in [0.3, 0.4) is 0 Å². The topological polar surface area (TPSA) is 35.5 Å². The van der Waals surface area contributed by atoms with Crippen LogP contribution in [0.1, 0.15) is 6.42 Å². The van der Waals surface area contributed by atoms with Gasteiger partial charge in [0.25, 0.3) is 0 Å². The van der Waals surface area contributed by atoms with Crippen LogP contribution >= 0.6 is 23.2 Å². The summed E-state index contributed by atoms with van der Waals surface area (Å²) in [5, 5.41) is 13.4.